The molecule has 1 atom stereocenters. The Labute approximate surface area is 158 Å². The Morgan fingerprint density at radius 3 is 2.78 bits per heavy atom. The van der Waals surface area contributed by atoms with Crippen LogP contribution in [-0.2, 0) is 6.42 Å². The van der Waals surface area contributed by atoms with E-state index in [0.29, 0.717) is 10.3 Å². The first-order valence-electron chi connectivity index (χ1n) is 9.05. The minimum atomic E-state index is -0.249. The molecule has 2 aromatic heterocycles. The summed E-state index contributed by atoms with van der Waals surface area (Å²) in [6.45, 7) is 4.40. The normalized spacial score (nSPS) is 17.9. The van der Waals surface area contributed by atoms with E-state index in [0.717, 1.165) is 29.8 Å². The van der Waals surface area contributed by atoms with Crippen molar-refractivity contribution in [3.63, 3.8) is 0 Å². The van der Waals surface area contributed by atoms with Crippen molar-refractivity contribution in [3.8, 4) is 5.69 Å². The van der Waals surface area contributed by atoms with Gasteiger partial charge in [-0.3, -0.25) is 4.79 Å². The van der Waals surface area contributed by atoms with E-state index in [-0.39, 0.29) is 17.4 Å². The van der Waals surface area contributed by atoms with Crippen molar-refractivity contribution in [2.45, 2.75) is 32.7 Å². The Balaban J connectivity index is 1.68. The fraction of sp³-hybridized carbons (Fsp3) is 0.286. The van der Waals surface area contributed by atoms with Crippen LogP contribution in [0.25, 0.3) is 5.69 Å². The Morgan fingerprint density at radius 2 is 2.04 bits per heavy atom. The lowest BCUT2D eigenvalue weighted by molar-refractivity contribution is -0.605. The fourth-order valence-electron chi connectivity index (χ4n) is 3.79. The molecule has 0 aliphatic heterocycles. The highest BCUT2D eigenvalue weighted by atomic mass is 16.5. The second-order valence-electron chi connectivity index (χ2n) is 7.82. The molecule has 0 spiro atoms. The number of pyridine rings is 1. The van der Waals surface area contributed by atoms with Crippen LogP contribution in [0.3, 0.4) is 0 Å². The SMILES string of the molecule is CC1(C)Cc2c(cnn2-c2ccccc2)[C@@H](NC(=O)c2ccc[n+]([O-])c2)C1. The van der Waals surface area contributed by atoms with E-state index in [2.05, 4.69) is 24.3 Å². The highest BCUT2D eigenvalue weighted by Gasteiger charge is 2.36. The Bertz CT molecular complexity index is 979. The third-order valence-corrected chi connectivity index (χ3v) is 5.02. The summed E-state index contributed by atoms with van der Waals surface area (Å²) in [4.78, 5) is 12.7. The minimum absolute atomic E-state index is 0.0205. The molecule has 2 heterocycles. The van der Waals surface area contributed by atoms with E-state index >= 15 is 0 Å². The molecule has 1 aromatic carbocycles. The molecule has 4 rings (SSSR count). The molecule has 0 radical (unpaired) electrons. The number of amides is 1. The van der Waals surface area contributed by atoms with Gasteiger partial charge in [-0.15, -0.1) is 0 Å². The lowest BCUT2D eigenvalue weighted by Crippen LogP contribution is -2.37. The molecular formula is C21H22N4O2. The Hall–Kier alpha value is -3.15. The summed E-state index contributed by atoms with van der Waals surface area (Å²) in [7, 11) is 0. The average molecular weight is 362 g/mol. The van der Waals surface area contributed by atoms with Crippen molar-refractivity contribution in [1.82, 2.24) is 15.1 Å². The van der Waals surface area contributed by atoms with Gasteiger partial charge in [-0.1, -0.05) is 32.0 Å². The number of hydrogen-bond donors (Lipinski definition) is 1. The maximum Gasteiger partial charge on any atom is 0.257 e. The first-order valence-corrected chi connectivity index (χ1v) is 9.05. The Morgan fingerprint density at radius 1 is 1.26 bits per heavy atom. The van der Waals surface area contributed by atoms with Gasteiger partial charge < -0.3 is 10.5 Å². The third-order valence-electron chi connectivity index (χ3n) is 5.02. The van der Waals surface area contributed by atoms with Crippen LogP contribution in [0.1, 0.15) is 47.9 Å². The van der Waals surface area contributed by atoms with E-state index in [4.69, 9.17) is 0 Å². The second-order valence-corrected chi connectivity index (χ2v) is 7.82. The predicted octanol–water partition coefficient (Wildman–Crippen LogP) is 2.95. The third kappa shape index (κ3) is 3.43. The maximum absolute atomic E-state index is 12.7. The van der Waals surface area contributed by atoms with Crippen LogP contribution in [-0.4, -0.2) is 15.7 Å². The molecule has 0 unspecified atom stereocenters. The summed E-state index contributed by atoms with van der Waals surface area (Å²) in [5, 5.41) is 19.2. The first kappa shape index (κ1) is 17.3. The van der Waals surface area contributed by atoms with Crippen LogP contribution < -0.4 is 10.0 Å². The van der Waals surface area contributed by atoms with Gasteiger partial charge in [0.2, 0.25) is 0 Å². The molecule has 6 heteroatoms. The van der Waals surface area contributed by atoms with Crippen molar-refractivity contribution in [1.29, 1.82) is 0 Å². The zero-order valence-corrected chi connectivity index (χ0v) is 15.4. The van der Waals surface area contributed by atoms with Crippen LogP contribution >= 0.6 is 0 Å². The summed E-state index contributed by atoms with van der Waals surface area (Å²) in [6, 6.07) is 13.1. The number of rotatable bonds is 3. The van der Waals surface area contributed by atoms with E-state index in [1.807, 2.05) is 41.2 Å². The van der Waals surface area contributed by atoms with Crippen LogP contribution in [0.15, 0.2) is 61.1 Å². The van der Waals surface area contributed by atoms with E-state index in [9.17, 15) is 10.0 Å². The lowest BCUT2D eigenvalue weighted by atomic mass is 9.74. The number of fused-ring (bicyclic) bond motifs is 1. The van der Waals surface area contributed by atoms with Crippen molar-refractivity contribution < 1.29 is 9.52 Å². The van der Waals surface area contributed by atoms with E-state index in [1.165, 1.54) is 12.4 Å². The van der Waals surface area contributed by atoms with Gasteiger partial charge >= 0.3 is 0 Å². The molecule has 1 aliphatic rings. The Kier molecular flexibility index (Phi) is 4.18. The molecule has 27 heavy (non-hydrogen) atoms. The van der Waals surface area contributed by atoms with Gasteiger partial charge in [-0.25, -0.2) is 4.68 Å². The van der Waals surface area contributed by atoms with Crippen molar-refractivity contribution in [3.05, 3.63) is 83.1 Å². The van der Waals surface area contributed by atoms with E-state index < -0.39 is 0 Å². The molecule has 0 fully saturated rings. The van der Waals surface area contributed by atoms with Gasteiger partial charge in [-0.2, -0.15) is 9.83 Å². The number of nitrogens with one attached hydrogen (secondary N) is 1. The van der Waals surface area contributed by atoms with Crippen molar-refractivity contribution in [2.24, 2.45) is 5.41 Å². The highest BCUT2D eigenvalue weighted by Crippen LogP contribution is 2.41. The zero-order chi connectivity index (χ0) is 19.0. The van der Waals surface area contributed by atoms with Gasteiger partial charge in [0.25, 0.3) is 5.91 Å². The van der Waals surface area contributed by atoms with Crippen LogP contribution in [0.4, 0.5) is 0 Å². The van der Waals surface area contributed by atoms with Gasteiger partial charge in [-0.05, 0) is 36.5 Å². The number of para-hydroxylation sites is 1. The van der Waals surface area contributed by atoms with Gasteiger partial charge in [0, 0.05) is 11.6 Å². The smallest absolute Gasteiger partial charge is 0.257 e. The molecular weight excluding hydrogens is 340 g/mol. The average Bonchev–Trinajstić information content (AvgIpc) is 3.05. The molecule has 3 aromatic rings. The van der Waals surface area contributed by atoms with Gasteiger partial charge in [0.05, 0.1) is 23.6 Å². The number of benzene rings is 1. The monoisotopic (exact) mass is 362 g/mol. The quantitative estimate of drug-likeness (QED) is 0.575. The number of aromatic nitrogens is 3. The molecule has 138 valence electrons. The van der Waals surface area contributed by atoms with Gasteiger partial charge in [0.1, 0.15) is 5.56 Å². The lowest BCUT2D eigenvalue weighted by Gasteiger charge is -2.36. The first-order chi connectivity index (χ1) is 12.9. The maximum atomic E-state index is 12.7. The van der Waals surface area contributed by atoms with Crippen molar-refractivity contribution >= 4 is 5.91 Å². The van der Waals surface area contributed by atoms with Crippen LogP contribution in [0, 0.1) is 10.6 Å². The van der Waals surface area contributed by atoms with Crippen molar-refractivity contribution in [2.75, 3.05) is 0 Å². The fourth-order valence-corrected chi connectivity index (χ4v) is 3.79. The standard InChI is InChI=1S/C21H22N4O2/c1-21(2)11-18(23-20(26)15-7-6-10-24(27)14-15)17-13-22-25(19(17)12-21)16-8-4-3-5-9-16/h3-10,13-14,18H,11-12H2,1-2H3,(H,23,26)/t18-/m0/s1. The summed E-state index contributed by atoms with van der Waals surface area (Å²) >= 11 is 0. The summed E-state index contributed by atoms with van der Waals surface area (Å²) in [5.41, 5.74) is 3.55. The number of carbonyl (C=O) groups excluding carboxylic acids is 1. The number of hydrogen-bond acceptors (Lipinski definition) is 3. The molecule has 1 aliphatic carbocycles. The minimum Gasteiger partial charge on any atom is -0.619 e. The zero-order valence-electron chi connectivity index (χ0n) is 15.4. The summed E-state index contributed by atoms with van der Waals surface area (Å²) < 4.78 is 2.60. The highest BCUT2D eigenvalue weighted by molar-refractivity contribution is 5.93. The van der Waals surface area contributed by atoms with Crippen LogP contribution in [0.2, 0.25) is 0 Å². The largest absolute Gasteiger partial charge is 0.619 e. The molecule has 6 nitrogen and oxygen atoms in total. The summed E-state index contributed by atoms with van der Waals surface area (Å²) in [5.74, 6) is -0.249. The van der Waals surface area contributed by atoms with Crippen LogP contribution in [0.5, 0.6) is 0 Å². The molecule has 0 saturated carbocycles. The molecule has 1 N–H and O–H groups in total. The molecule has 0 saturated heterocycles. The topological polar surface area (TPSA) is 73.9 Å². The number of nitrogens with zero attached hydrogens (tertiary/aromatic N) is 3. The molecule has 0 bridgehead atoms. The predicted molar refractivity (Wildman–Crippen MR) is 101 cm³/mol. The van der Waals surface area contributed by atoms with Gasteiger partial charge in [0.15, 0.2) is 12.4 Å². The van der Waals surface area contributed by atoms with E-state index in [1.54, 1.807) is 12.1 Å². The second kappa shape index (κ2) is 6.54. The summed E-state index contributed by atoms with van der Waals surface area (Å²) in [6.07, 6.45) is 6.20. The number of carbonyl (C=O) groups is 1. The molecule has 1 amide bonds.